The van der Waals surface area contributed by atoms with Gasteiger partial charge in [0.15, 0.2) is 0 Å². The molecule has 9 heteroatoms. The number of carbonyl (C=O) groups excluding carboxylic acids is 2. The molecular weight excluding hydrogens is 499 g/mol. The Morgan fingerprint density at radius 1 is 1.10 bits per heavy atom. The Kier molecular flexibility index (Phi) is 8.36. The number of hydrogen-bond acceptors (Lipinski definition) is 6. The van der Waals surface area contributed by atoms with Crippen LogP contribution >= 0.6 is 0 Å². The summed E-state index contributed by atoms with van der Waals surface area (Å²) in [6, 6.07) is 16.8. The maximum absolute atomic E-state index is 15.1. The van der Waals surface area contributed by atoms with Crippen molar-refractivity contribution in [1.82, 2.24) is 10.3 Å². The topological polar surface area (TPSA) is 84.0 Å². The van der Waals surface area contributed by atoms with Crippen LogP contribution in [0, 0.1) is 5.82 Å². The third kappa shape index (κ3) is 6.54. The second kappa shape index (κ2) is 12.3. The number of halogens is 1. The number of benzene rings is 2. The molecule has 2 aliphatic heterocycles. The lowest BCUT2D eigenvalue weighted by atomic mass is 9.99. The van der Waals surface area contributed by atoms with Crippen LogP contribution in [0.4, 0.5) is 20.7 Å². The van der Waals surface area contributed by atoms with Gasteiger partial charge in [0.05, 0.1) is 32.0 Å². The molecule has 204 valence electrons. The number of rotatable bonds is 9. The number of nitrogens with zero attached hydrogens (tertiary/aromatic N) is 3. The fourth-order valence-electron chi connectivity index (χ4n) is 5.02. The number of carbonyl (C=O) groups is 2. The van der Waals surface area contributed by atoms with Crippen molar-refractivity contribution in [3.05, 3.63) is 77.7 Å². The molecule has 39 heavy (non-hydrogen) atoms. The fourth-order valence-corrected chi connectivity index (χ4v) is 5.02. The summed E-state index contributed by atoms with van der Waals surface area (Å²) in [5.41, 5.74) is 4.12. The minimum absolute atomic E-state index is 0.197. The molecule has 0 aliphatic carbocycles. The number of hydrogen-bond donors (Lipinski definition) is 1. The summed E-state index contributed by atoms with van der Waals surface area (Å²) in [5, 5.41) is 2.64. The number of nitrogens with one attached hydrogen (secondary N) is 1. The highest BCUT2D eigenvalue weighted by Gasteiger charge is 2.32. The van der Waals surface area contributed by atoms with Crippen molar-refractivity contribution in [3.8, 4) is 11.1 Å². The highest BCUT2D eigenvalue weighted by molar-refractivity contribution is 5.90. The molecular formula is C30H33FN4O4. The molecule has 0 radical (unpaired) electrons. The molecule has 2 aliphatic rings. The normalized spacial score (nSPS) is 17.3. The van der Waals surface area contributed by atoms with Gasteiger partial charge < -0.3 is 19.7 Å². The average molecular weight is 533 g/mol. The van der Waals surface area contributed by atoms with Crippen LogP contribution in [0.1, 0.15) is 24.5 Å². The van der Waals surface area contributed by atoms with Crippen molar-refractivity contribution >= 4 is 23.5 Å². The Labute approximate surface area is 227 Å². The number of morpholine rings is 1. The number of amides is 2. The molecule has 2 fully saturated rings. The number of cyclic esters (lactones) is 1. The SMILES string of the molecule is CC(=O)NC[C@H]1CN(c2ccc(-c3ccc(CCCc4cccnc4N4CCOCC4)cc3)c(F)c2)C(=O)O1. The lowest BCUT2D eigenvalue weighted by Crippen LogP contribution is -2.37. The Morgan fingerprint density at radius 2 is 1.90 bits per heavy atom. The first-order valence-corrected chi connectivity index (χ1v) is 13.4. The summed E-state index contributed by atoms with van der Waals surface area (Å²) in [7, 11) is 0. The van der Waals surface area contributed by atoms with E-state index in [-0.39, 0.29) is 19.0 Å². The van der Waals surface area contributed by atoms with Crippen LogP contribution < -0.4 is 15.1 Å². The molecule has 1 N–H and O–H groups in total. The number of anilines is 2. The summed E-state index contributed by atoms with van der Waals surface area (Å²) in [5.74, 6) is 0.448. The maximum atomic E-state index is 15.1. The number of ether oxygens (including phenoxy) is 2. The highest BCUT2D eigenvalue weighted by atomic mass is 19.1. The van der Waals surface area contributed by atoms with Gasteiger partial charge in [-0.05, 0) is 60.2 Å². The van der Waals surface area contributed by atoms with Crippen molar-refractivity contribution in [2.24, 2.45) is 0 Å². The molecule has 1 aromatic heterocycles. The van der Waals surface area contributed by atoms with Crippen LogP contribution in [0.25, 0.3) is 11.1 Å². The van der Waals surface area contributed by atoms with Gasteiger partial charge in [0, 0.05) is 31.8 Å². The predicted octanol–water partition coefficient (Wildman–Crippen LogP) is 4.36. The van der Waals surface area contributed by atoms with E-state index in [1.54, 1.807) is 12.1 Å². The molecule has 8 nitrogen and oxygen atoms in total. The van der Waals surface area contributed by atoms with E-state index >= 15 is 4.39 Å². The minimum Gasteiger partial charge on any atom is -0.442 e. The first-order chi connectivity index (χ1) is 19.0. The van der Waals surface area contributed by atoms with Crippen LogP contribution in [0.5, 0.6) is 0 Å². The quantitative estimate of drug-likeness (QED) is 0.441. The largest absolute Gasteiger partial charge is 0.442 e. The number of aryl methyl sites for hydroxylation is 2. The van der Waals surface area contributed by atoms with E-state index < -0.39 is 18.0 Å². The summed E-state index contributed by atoms with van der Waals surface area (Å²) in [6.45, 7) is 5.07. The van der Waals surface area contributed by atoms with Gasteiger partial charge in [-0.25, -0.2) is 14.2 Å². The van der Waals surface area contributed by atoms with Crippen LogP contribution in [-0.2, 0) is 27.1 Å². The fraction of sp³-hybridized carbons (Fsp3) is 0.367. The van der Waals surface area contributed by atoms with Crippen LogP contribution in [0.15, 0.2) is 60.8 Å². The molecule has 1 atom stereocenters. The highest BCUT2D eigenvalue weighted by Crippen LogP contribution is 2.29. The Hall–Kier alpha value is -3.98. The minimum atomic E-state index is -0.551. The number of pyridine rings is 1. The van der Waals surface area contributed by atoms with Crippen LogP contribution in [-0.4, -0.2) is 62.5 Å². The molecule has 0 unspecified atom stereocenters. The molecule has 2 aromatic carbocycles. The van der Waals surface area contributed by atoms with Gasteiger partial charge in [-0.3, -0.25) is 9.69 Å². The van der Waals surface area contributed by atoms with Gasteiger partial charge in [0.2, 0.25) is 5.91 Å². The van der Waals surface area contributed by atoms with Crippen LogP contribution in [0.2, 0.25) is 0 Å². The van der Waals surface area contributed by atoms with Crippen molar-refractivity contribution in [3.63, 3.8) is 0 Å². The van der Waals surface area contributed by atoms with Crippen molar-refractivity contribution in [1.29, 1.82) is 0 Å². The van der Waals surface area contributed by atoms with E-state index in [9.17, 15) is 9.59 Å². The summed E-state index contributed by atoms with van der Waals surface area (Å²) in [4.78, 5) is 31.7. The average Bonchev–Trinajstić information content (AvgIpc) is 3.33. The van der Waals surface area contributed by atoms with E-state index in [1.807, 2.05) is 36.5 Å². The zero-order valence-corrected chi connectivity index (χ0v) is 22.1. The Bertz CT molecular complexity index is 1310. The van der Waals surface area contributed by atoms with E-state index in [0.717, 1.165) is 56.9 Å². The van der Waals surface area contributed by atoms with Gasteiger partial charge in [-0.15, -0.1) is 0 Å². The van der Waals surface area contributed by atoms with Gasteiger partial charge >= 0.3 is 6.09 Å². The molecule has 2 amide bonds. The van der Waals surface area contributed by atoms with Gasteiger partial charge in [0.25, 0.3) is 0 Å². The zero-order chi connectivity index (χ0) is 27.2. The second-order valence-corrected chi connectivity index (χ2v) is 9.85. The summed E-state index contributed by atoms with van der Waals surface area (Å²) < 4.78 is 25.9. The summed E-state index contributed by atoms with van der Waals surface area (Å²) in [6.07, 6.45) is 3.66. The smallest absolute Gasteiger partial charge is 0.414 e. The summed E-state index contributed by atoms with van der Waals surface area (Å²) >= 11 is 0. The van der Waals surface area contributed by atoms with Crippen molar-refractivity contribution in [2.45, 2.75) is 32.3 Å². The van der Waals surface area contributed by atoms with Crippen molar-refractivity contribution < 1.29 is 23.5 Å². The molecule has 0 saturated carbocycles. The zero-order valence-electron chi connectivity index (χ0n) is 22.1. The predicted molar refractivity (Wildman–Crippen MR) is 147 cm³/mol. The molecule has 3 heterocycles. The lowest BCUT2D eigenvalue weighted by Gasteiger charge is -2.29. The molecule has 3 aromatic rings. The van der Waals surface area contributed by atoms with E-state index in [0.29, 0.717) is 11.3 Å². The maximum Gasteiger partial charge on any atom is 0.414 e. The first kappa shape index (κ1) is 26.6. The van der Waals surface area contributed by atoms with Crippen LogP contribution in [0.3, 0.4) is 0 Å². The third-order valence-corrected chi connectivity index (χ3v) is 7.07. The first-order valence-electron chi connectivity index (χ1n) is 13.4. The standard InChI is InChI=1S/C30H33FN4O4/c1-21(36)33-19-26-20-35(30(37)39-26)25-11-12-27(28(31)18-25)23-9-7-22(8-10-23)4-2-5-24-6-3-13-32-29(24)34-14-16-38-17-15-34/h3,6-13,18,26H,2,4-5,14-17,19-20H2,1H3,(H,33,36)/t26-/m0/s1. The second-order valence-electron chi connectivity index (χ2n) is 9.85. The van der Waals surface area contributed by atoms with Gasteiger partial charge in [-0.2, -0.15) is 0 Å². The lowest BCUT2D eigenvalue weighted by molar-refractivity contribution is -0.119. The van der Waals surface area contributed by atoms with Gasteiger partial charge in [-0.1, -0.05) is 30.3 Å². The van der Waals surface area contributed by atoms with E-state index in [2.05, 4.69) is 21.3 Å². The molecule has 2 saturated heterocycles. The monoisotopic (exact) mass is 532 g/mol. The van der Waals surface area contributed by atoms with Crippen molar-refractivity contribution in [2.75, 3.05) is 49.2 Å². The molecule has 0 bridgehead atoms. The van der Waals surface area contributed by atoms with Gasteiger partial charge in [0.1, 0.15) is 17.7 Å². The van der Waals surface area contributed by atoms with E-state index in [4.69, 9.17) is 9.47 Å². The Morgan fingerprint density at radius 3 is 2.64 bits per heavy atom. The third-order valence-electron chi connectivity index (χ3n) is 7.07. The molecule has 0 spiro atoms. The Balaban J connectivity index is 1.18. The number of aromatic nitrogens is 1. The van der Waals surface area contributed by atoms with E-state index in [1.165, 1.54) is 29.0 Å². The molecule has 5 rings (SSSR count).